The molecule has 0 unspecified atom stereocenters. The third-order valence-corrected chi connectivity index (χ3v) is 7.72. The number of imidazole rings is 1. The van der Waals surface area contributed by atoms with Gasteiger partial charge in [-0.1, -0.05) is 19.1 Å². The summed E-state index contributed by atoms with van der Waals surface area (Å²) in [7, 11) is 7.59. The van der Waals surface area contributed by atoms with E-state index in [4.69, 9.17) is 24.5 Å². The van der Waals surface area contributed by atoms with Gasteiger partial charge in [-0.05, 0) is 31.4 Å². The molecule has 0 saturated heterocycles. The predicted octanol–water partition coefficient (Wildman–Crippen LogP) is 4.57. The molecule has 0 spiro atoms. The Morgan fingerprint density at radius 1 is 0.927 bits per heavy atom. The Labute approximate surface area is 237 Å². The van der Waals surface area contributed by atoms with Crippen molar-refractivity contribution >= 4 is 21.9 Å². The Bertz CT molecular complexity index is 1900. The monoisotopic (exact) mass is 551 g/mol. The van der Waals surface area contributed by atoms with Gasteiger partial charge in [0.05, 0.1) is 29.7 Å². The first-order chi connectivity index (χ1) is 19.9. The fourth-order valence-corrected chi connectivity index (χ4v) is 5.66. The molecule has 0 radical (unpaired) electrons. The minimum atomic E-state index is 0.410. The normalized spacial score (nSPS) is 13.6. The van der Waals surface area contributed by atoms with Gasteiger partial charge in [-0.15, -0.1) is 5.10 Å². The van der Waals surface area contributed by atoms with Crippen molar-refractivity contribution in [1.82, 2.24) is 43.9 Å². The first-order valence-corrected chi connectivity index (χ1v) is 14.0. The van der Waals surface area contributed by atoms with E-state index in [2.05, 4.69) is 53.1 Å². The molecule has 1 fully saturated rings. The average molecular weight is 552 g/mol. The second-order valence-corrected chi connectivity index (χ2v) is 10.7. The van der Waals surface area contributed by atoms with Crippen LogP contribution in [0, 0.1) is 0 Å². The Kier molecular flexibility index (Phi) is 6.11. The van der Waals surface area contributed by atoms with Gasteiger partial charge in [0, 0.05) is 74.2 Å². The Balaban J connectivity index is 1.37. The molecule has 5 heterocycles. The van der Waals surface area contributed by atoms with Crippen molar-refractivity contribution in [3.63, 3.8) is 0 Å². The second-order valence-electron chi connectivity index (χ2n) is 10.7. The lowest BCUT2D eigenvalue weighted by Gasteiger charge is -2.09. The van der Waals surface area contributed by atoms with Crippen molar-refractivity contribution in [3.05, 3.63) is 54.2 Å². The van der Waals surface area contributed by atoms with Gasteiger partial charge >= 0.3 is 0 Å². The van der Waals surface area contributed by atoms with Gasteiger partial charge in [0.1, 0.15) is 18.1 Å². The molecular weight excluding hydrogens is 518 g/mol. The predicted molar refractivity (Wildman–Crippen MR) is 156 cm³/mol. The van der Waals surface area contributed by atoms with Crippen molar-refractivity contribution in [3.8, 4) is 34.2 Å². The summed E-state index contributed by atoms with van der Waals surface area (Å²) in [6, 6.07) is 8.42. The number of methoxy groups -OCH3 is 1. The zero-order valence-corrected chi connectivity index (χ0v) is 24.0. The van der Waals surface area contributed by atoms with E-state index in [0.29, 0.717) is 25.0 Å². The summed E-state index contributed by atoms with van der Waals surface area (Å²) in [5.41, 5.74) is 7.82. The average Bonchev–Trinajstić information content (AvgIpc) is 3.26. The van der Waals surface area contributed by atoms with Gasteiger partial charge in [0.2, 0.25) is 0 Å². The fourth-order valence-electron chi connectivity index (χ4n) is 5.66. The van der Waals surface area contributed by atoms with Crippen LogP contribution in [-0.4, -0.2) is 64.2 Å². The molecule has 1 aromatic carbocycles. The lowest BCUT2D eigenvalue weighted by atomic mass is 10.0. The van der Waals surface area contributed by atoms with Crippen LogP contribution in [0.5, 0.6) is 5.88 Å². The van der Waals surface area contributed by atoms with Gasteiger partial charge in [-0.2, -0.15) is 10.2 Å². The van der Waals surface area contributed by atoms with Crippen molar-refractivity contribution < 1.29 is 9.47 Å². The summed E-state index contributed by atoms with van der Waals surface area (Å²) in [5.74, 6) is 1.94. The Hall–Kier alpha value is -4.51. The first kappa shape index (κ1) is 25.5. The summed E-state index contributed by atoms with van der Waals surface area (Å²) in [6.45, 7) is 3.02. The molecule has 11 nitrogen and oxygen atoms in total. The van der Waals surface area contributed by atoms with Gasteiger partial charge in [-0.3, -0.25) is 9.36 Å². The molecule has 0 amide bonds. The molecule has 0 atom stereocenters. The van der Waals surface area contributed by atoms with E-state index in [1.807, 2.05) is 41.9 Å². The van der Waals surface area contributed by atoms with E-state index < -0.39 is 0 Å². The molecule has 1 aliphatic rings. The maximum absolute atomic E-state index is 5.90. The molecule has 7 rings (SSSR count). The van der Waals surface area contributed by atoms with Crippen LogP contribution >= 0.6 is 0 Å². The summed E-state index contributed by atoms with van der Waals surface area (Å²) < 4.78 is 18.7. The topological polar surface area (TPSA) is 103 Å². The van der Waals surface area contributed by atoms with E-state index in [-0.39, 0.29) is 0 Å². The van der Waals surface area contributed by atoms with Crippen LogP contribution < -0.4 is 4.74 Å². The van der Waals surface area contributed by atoms with E-state index in [1.54, 1.807) is 11.8 Å². The number of ether oxygens (including phenoxy) is 2. The fraction of sp³-hybridized carbons (Fsp3) is 0.367. The molecule has 0 N–H and O–H groups in total. The summed E-state index contributed by atoms with van der Waals surface area (Å²) >= 11 is 0. The molecule has 11 heteroatoms. The van der Waals surface area contributed by atoms with Gasteiger partial charge in [0.15, 0.2) is 5.65 Å². The molecule has 1 aliphatic carbocycles. The lowest BCUT2D eigenvalue weighted by molar-refractivity contribution is 0.143. The highest BCUT2D eigenvalue weighted by Crippen LogP contribution is 2.47. The number of pyridine rings is 1. The number of nitrogens with zero attached hydrogens (tertiary/aromatic N) is 9. The van der Waals surface area contributed by atoms with Crippen molar-refractivity contribution in [2.75, 3.05) is 20.3 Å². The number of fused-ring (bicyclic) bond motifs is 2. The molecular formula is C30H33N9O2. The Morgan fingerprint density at radius 2 is 1.76 bits per heavy atom. The van der Waals surface area contributed by atoms with E-state index in [9.17, 15) is 0 Å². The largest absolute Gasteiger partial charge is 0.473 e. The molecule has 1 saturated carbocycles. The highest BCUT2D eigenvalue weighted by Gasteiger charge is 2.33. The van der Waals surface area contributed by atoms with Gasteiger partial charge in [0.25, 0.3) is 5.88 Å². The third kappa shape index (κ3) is 4.37. The number of rotatable bonds is 9. The van der Waals surface area contributed by atoms with Crippen molar-refractivity contribution in [2.45, 2.75) is 32.1 Å². The van der Waals surface area contributed by atoms with E-state index in [1.165, 1.54) is 18.5 Å². The van der Waals surface area contributed by atoms with Crippen LogP contribution in [0.15, 0.2) is 42.9 Å². The molecule has 5 aromatic heterocycles. The van der Waals surface area contributed by atoms with Crippen LogP contribution in [0.25, 0.3) is 50.3 Å². The summed E-state index contributed by atoms with van der Waals surface area (Å²) in [4.78, 5) is 10.2. The van der Waals surface area contributed by atoms with E-state index in [0.717, 1.165) is 62.4 Å². The minimum Gasteiger partial charge on any atom is -0.473 e. The summed E-state index contributed by atoms with van der Waals surface area (Å²) in [6.07, 6.45) is 9.11. The zero-order chi connectivity index (χ0) is 28.2. The van der Waals surface area contributed by atoms with Gasteiger partial charge in [-0.25, -0.2) is 14.6 Å². The molecule has 0 bridgehead atoms. The quantitative estimate of drug-likeness (QED) is 0.243. The number of benzene rings is 1. The molecule has 41 heavy (non-hydrogen) atoms. The van der Waals surface area contributed by atoms with Crippen molar-refractivity contribution in [2.24, 2.45) is 21.1 Å². The number of hydrogen-bond acceptors (Lipinski definition) is 7. The summed E-state index contributed by atoms with van der Waals surface area (Å²) in [5, 5.41) is 16.0. The molecule has 6 aromatic rings. The minimum absolute atomic E-state index is 0.410. The second kappa shape index (κ2) is 9.84. The smallest absolute Gasteiger partial charge is 0.259 e. The van der Waals surface area contributed by atoms with E-state index >= 15 is 0 Å². The Morgan fingerprint density at radius 3 is 2.54 bits per heavy atom. The van der Waals surface area contributed by atoms with Crippen LogP contribution in [0.4, 0.5) is 0 Å². The number of aryl methyl sites for hydroxylation is 3. The van der Waals surface area contributed by atoms with Crippen LogP contribution in [0.1, 0.15) is 37.1 Å². The van der Waals surface area contributed by atoms with Gasteiger partial charge < -0.3 is 14.0 Å². The molecule has 210 valence electrons. The standard InChI is InChI=1S/C30H33N9O2/c1-6-23-21(14-19-15-36(2)34-28(19)31-23)29-32-26(27(38(29)4)18-10-11-18)20-8-7-9-24-22(20)16-39(33-24)25-17-37(3)35-30(25)41-13-12-40-5/h7-9,14-18H,6,10-13H2,1-5H3. The number of hydrogen-bond donors (Lipinski definition) is 0. The van der Waals surface area contributed by atoms with Crippen LogP contribution in [0.3, 0.4) is 0 Å². The SMILES string of the molecule is CCc1nc2nn(C)cc2cc1-c1nc(-c2cccc3nn(-c4cn(C)nc4OCCOC)cc23)c(C2CC2)n1C. The lowest BCUT2D eigenvalue weighted by Crippen LogP contribution is -2.06. The third-order valence-electron chi connectivity index (χ3n) is 7.72. The van der Waals surface area contributed by atoms with Crippen molar-refractivity contribution in [1.29, 1.82) is 0 Å². The van der Waals surface area contributed by atoms with Crippen LogP contribution in [-0.2, 0) is 32.3 Å². The highest BCUT2D eigenvalue weighted by atomic mass is 16.5. The molecule has 0 aliphatic heterocycles. The number of aromatic nitrogens is 9. The first-order valence-electron chi connectivity index (χ1n) is 14.0. The zero-order valence-electron chi connectivity index (χ0n) is 24.0. The maximum atomic E-state index is 5.90. The maximum Gasteiger partial charge on any atom is 0.259 e. The van der Waals surface area contributed by atoms with Crippen LogP contribution in [0.2, 0.25) is 0 Å². The highest BCUT2D eigenvalue weighted by molar-refractivity contribution is 5.95.